The SMILES string of the molecule is Cn1ncc(C(=O)NCCC(=O)O)c1N. The topological polar surface area (TPSA) is 110 Å². The summed E-state index contributed by atoms with van der Waals surface area (Å²) in [7, 11) is 1.61. The average molecular weight is 212 g/mol. The van der Waals surface area contributed by atoms with E-state index in [1.165, 1.54) is 10.9 Å². The van der Waals surface area contributed by atoms with Crippen molar-refractivity contribution < 1.29 is 14.7 Å². The Balaban J connectivity index is 2.54. The Morgan fingerprint density at radius 1 is 1.67 bits per heavy atom. The van der Waals surface area contributed by atoms with Gasteiger partial charge in [-0.25, -0.2) is 0 Å². The first-order valence-corrected chi connectivity index (χ1v) is 4.30. The summed E-state index contributed by atoms with van der Waals surface area (Å²) in [6.45, 7) is 0.0719. The van der Waals surface area contributed by atoms with Crippen LogP contribution < -0.4 is 11.1 Å². The summed E-state index contributed by atoms with van der Waals surface area (Å²) in [5.41, 5.74) is 5.81. The Bertz CT molecular complexity index is 385. The number of aliphatic carboxylic acids is 1. The highest BCUT2D eigenvalue weighted by molar-refractivity contribution is 5.98. The third-order valence-electron chi connectivity index (χ3n) is 1.85. The van der Waals surface area contributed by atoms with Crippen molar-refractivity contribution in [3.05, 3.63) is 11.8 Å². The van der Waals surface area contributed by atoms with Crippen molar-refractivity contribution in [3.8, 4) is 0 Å². The third-order valence-corrected chi connectivity index (χ3v) is 1.85. The number of anilines is 1. The first-order chi connectivity index (χ1) is 7.02. The molecule has 1 aromatic heterocycles. The van der Waals surface area contributed by atoms with Gasteiger partial charge in [0.25, 0.3) is 5.91 Å². The number of aryl methyl sites for hydroxylation is 1. The quantitative estimate of drug-likeness (QED) is 0.605. The molecule has 0 spiro atoms. The lowest BCUT2D eigenvalue weighted by atomic mass is 10.3. The van der Waals surface area contributed by atoms with Gasteiger partial charge in [0.1, 0.15) is 11.4 Å². The summed E-state index contributed by atoms with van der Waals surface area (Å²) in [5, 5.41) is 14.6. The molecule has 0 saturated heterocycles. The monoisotopic (exact) mass is 212 g/mol. The molecule has 1 heterocycles. The molecule has 4 N–H and O–H groups in total. The average Bonchev–Trinajstić information content (AvgIpc) is 2.47. The molecule has 0 saturated carbocycles. The zero-order chi connectivity index (χ0) is 11.4. The number of carbonyl (C=O) groups excluding carboxylic acids is 1. The molecule has 0 fully saturated rings. The van der Waals surface area contributed by atoms with Crippen LogP contribution >= 0.6 is 0 Å². The highest BCUT2D eigenvalue weighted by atomic mass is 16.4. The molecule has 15 heavy (non-hydrogen) atoms. The molecule has 0 aliphatic carbocycles. The molecule has 0 aliphatic rings. The second-order valence-electron chi connectivity index (χ2n) is 2.97. The van der Waals surface area contributed by atoms with Gasteiger partial charge in [0.2, 0.25) is 0 Å². The number of amides is 1. The lowest BCUT2D eigenvalue weighted by molar-refractivity contribution is -0.136. The fourth-order valence-electron chi connectivity index (χ4n) is 1.00. The lowest BCUT2D eigenvalue weighted by Gasteiger charge is -2.02. The van der Waals surface area contributed by atoms with Crippen LogP contribution in [0.25, 0.3) is 0 Å². The van der Waals surface area contributed by atoms with E-state index in [1.807, 2.05) is 0 Å². The zero-order valence-electron chi connectivity index (χ0n) is 8.23. The molecule has 1 amide bonds. The van der Waals surface area contributed by atoms with Crippen molar-refractivity contribution in [1.82, 2.24) is 15.1 Å². The standard InChI is InChI=1S/C8H12N4O3/c1-12-7(9)5(4-11-12)8(15)10-3-2-6(13)14/h4H,2-3,9H2,1H3,(H,10,15)(H,13,14). The number of nitrogens with two attached hydrogens (primary N) is 1. The number of hydrogen-bond acceptors (Lipinski definition) is 4. The molecule has 0 aromatic carbocycles. The fourth-order valence-corrected chi connectivity index (χ4v) is 1.00. The summed E-state index contributed by atoms with van der Waals surface area (Å²) in [4.78, 5) is 21.6. The van der Waals surface area contributed by atoms with Crippen molar-refractivity contribution in [2.75, 3.05) is 12.3 Å². The maximum Gasteiger partial charge on any atom is 0.305 e. The minimum atomic E-state index is -0.963. The van der Waals surface area contributed by atoms with Crippen LogP contribution in [0.4, 0.5) is 5.82 Å². The number of aromatic nitrogens is 2. The number of nitrogens with zero attached hydrogens (tertiary/aromatic N) is 2. The van der Waals surface area contributed by atoms with Crippen LogP contribution in [0.5, 0.6) is 0 Å². The van der Waals surface area contributed by atoms with E-state index in [9.17, 15) is 9.59 Å². The molecule has 7 nitrogen and oxygen atoms in total. The Morgan fingerprint density at radius 3 is 2.80 bits per heavy atom. The Morgan fingerprint density at radius 2 is 2.33 bits per heavy atom. The van der Waals surface area contributed by atoms with Gasteiger partial charge in [-0.1, -0.05) is 0 Å². The van der Waals surface area contributed by atoms with E-state index in [2.05, 4.69) is 10.4 Å². The molecule has 0 bridgehead atoms. The van der Waals surface area contributed by atoms with Gasteiger partial charge >= 0.3 is 5.97 Å². The van der Waals surface area contributed by atoms with Gasteiger partial charge < -0.3 is 16.2 Å². The molecule has 0 atom stereocenters. The van der Waals surface area contributed by atoms with Crippen molar-refractivity contribution in [1.29, 1.82) is 0 Å². The molecule has 82 valence electrons. The van der Waals surface area contributed by atoms with E-state index in [0.717, 1.165) is 0 Å². The number of nitrogens with one attached hydrogen (secondary N) is 1. The number of hydrogen-bond donors (Lipinski definition) is 3. The number of nitrogen functional groups attached to an aromatic ring is 1. The third kappa shape index (κ3) is 2.70. The van der Waals surface area contributed by atoms with Crippen LogP contribution in [0, 0.1) is 0 Å². The second kappa shape index (κ2) is 4.45. The molecule has 0 aliphatic heterocycles. The van der Waals surface area contributed by atoms with Gasteiger partial charge in [-0.05, 0) is 0 Å². The van der Waals surface area contributed by atoms with Crippen LogP contribution in [0.15, 0.2) is 6.20 Å². The van der Waals surface area contributed by atoms with Crippen LogP contribution in [-0.2, 0) is 11.8 Å². The van der Waals surface area contributed by atoms with E-state index < -0.39 is 11.9 Å². The molecule has 0 unspecified atom stereocenters. The maximum atomic E-state index is 11.4. The normalized spacial score (nSPS) is 9.93. The van der Waals surface area contributed by atoms with Crippen LogP contribution in [0.1, 0.15) is 16.8 Å². The van der Waals surface area contributed by atoms with E-state index in [-0.39, 0.29) is 24.3 Å². The number of carboxylic acid groups (broad SMARTS) is 1. The summed E-state index contributed by atoms with van der Waals surface area (Å²) < 4.78 is 1.37. The molecule has 7 heteroatoms. The predicted octanol–water partition coefficient (Wildman–Crippen LogP) is -0.793. The van der Waals surface area contributed by atoms with E-state index in [4.69, 9.17) is 10.8 Å². The van der Waals surface area contributed by atoms with E-state index in [1.54, 1.807) is 7.05 Å². The van der Waals surface area contributed by atoms with Gasteiger partial charge in [-0.2, -0.15) is 5.10 Å². The van der Waals surface area contributed by atoms with Crippen LogP contribution in [0.3, 0.4) is 0 Å². The maximum absolute atomic E-state index is 11.4. The summed E-state index contributed by atoms with van der Waals surface area (Å²) in [6.07, 6.45) is 1.22. The van der Waals surface area contributed by atoms with Crippen LogP contribution in [0.2, 0.25) is 0 Å². The Labute approximate surface area is 85.9 Å². The van der Waals surface area contributed by atoms with Crippen LogP contribution in [-0.4, -0.2) is 33.3 Å². The Kier molecular flexibility index (Phi) is 3.27. The smallest absolute Gasteiger partial charge is 0.305 e. The van der Waals surface area contributed by atoms with Crippen molar-refractivity contribution >= 4 is 17.7 Å². The molecule has 1 rings (SSSR count). The molecular weight excluding hydrogens is 200 g/mol. The van der Waals surface area contributed by atoms with E-state index in [0.29, 0.717) is 0 Å². The lowest BCUT2D eigenvalue weighted by Crippen LogP contribution is -2.26. The number of carboxylic acids is 1. The van der Waals surface area contributed by atoms with Gasteiger partial charge in [-0.15, -0.1) is 0 Å². The minimum Gasteiger partial charge on any atom is -0.481 e. The van der Waals surface area contributed by atoms with Gasteiger partial charge in [0.15, 0.2) is 0 Å². The summed E-state index contributed by atoms with van der Waals surface area (Å²) >= 11 is 0. The van der Waals surface area contributed by atoms with Crippen molar-refractivity contribution in [3.63, 3.8) is 0 Å². The van der Waals surface area contributed by atoms with Crippen molar-refractivity contribution in [2.45, 2.75) is 6.42 Å². The van der Waals surface area contributed by atoms with Crippen molar-refractivity contribution in [2.24, 2.45) is 7.05 Å². The van der Waals surface area contributed by atoms with E-state index >= 15 is 0 Å². The number of rotatable bonds is 4. The molecule has 1 aromatic rings. The summed E-state index contributed by atoms with van der Waals surface area (Å²) in [6, 6.07) is 0. The predicted molar refractivity (Wildman–Crippen MR) is 52.2 cm³/mol. The second-order valence-corrected chi connectivity index (χ2v) is 2.97. The first-order valence-electron chi connectivity index (χ1n) is 4.30. The van der Waals surface area contributed by atoms with Gasteiger partial charge in [0, 0.05) is 13.6 Å². The number of carbonyl (C=O) groups is 2. The Hall–Kier alpha value is -2.05. The molecular formula is C8H12N4O3. The van der Waals surface area contributed by atoms with Gasteiger partial charge in [-0.3, -0.25) is 14.3 Å². The van der Waals surface area contributed by atoms with Gasteiger partial charge in [0.05, 0.1) is 12.6 Å². The zero-order valence-corrected chi connectivity index (χ0v) is 8.23. The summed E-state index contributed by atoms with van der Waals surface area (Å²) in [5.74, 6) is -1.13. The minimum absolute atomic E-state index is 0.0719. The largest absolute Gasteiger partial charge is 0.481 e. The first kappa shape index (κ1) is 11.0. The highest BCUT2D eigenvalue weighted by Gasteiger charge is 2.13. The highest BCUT2D eigenvalue weighted by Crippen LogP contribution is 2.08. The fraction of sp³-hybridized carbons (Fsp3) is 0.375. The molecule has 0 radical (unpaired) electrons.